The number of hydrogen-bond acceptors (Lipinski definition) is 2. The molecule has 2 aliphatic carbocycles. The van der Waals surface area contributed by atoms with E-state index in [1.165, 1.54) is 143 Å². The first kappa shape index (κ1) is 63.8. The molecule has 0 radical (unpaired) electrons. The maximum absolute atomic E-state index is 2.44. The van der Waals surface area contributed by atoms with Gasteiger partial charge in [-0.25, -0.2) is 0 Å². The molecule has 0 saturated heterocycles. The lowest BCUT2D eigenvalue weighted by atomic mass is 9.81. The largest absolute Gasteiger partial charge is 0.310 e. The topological polar surface area (TPSA) is 6.48 Å². The Labute approximate surface area is 621 Å². The molecule has 0 aromatic heterocycles. The van der Waals surface area contributed by atoms with Crippen LogP contribution in [-0.2, 0) is 10.8 Å². The second-order valence-electron chi connectivity index (χ2n) is 29.8. The molecule has 0 N–H and O–H groups in total. The molecule has 0 bridgehead atoms. The van der Waals surface area contributed by atoms with E-state index in [-0.39, 0.29) is 10.8 Å². The van der Waals surface area contributed by atoms with Gasteiger partial charge in [0.1, 0.15) is 0 Å². The van der Waals surface area contributed by atoms with Crippen molar-refractivity contribution in [1.29, 1.82) is 0 Å². The zero-order chi connectivity index (χ0) is 71.0. The van der Waals surface area contributed by atoms with Crippen molar-refractivity contribution in [1.82, 2.24) is 0 Å². The monoisotopic (exact) mass is 1350 g/mol. The first-order valence-corrected chi connectivity index (χ1v) is 37.0. The summed E-state index contributed by atoms with van der Waals surface area (Å²) < 4.78 is 0. The van der Waals surface area contributed by atoms with E-state index in [0.717, 1.165) is 45.3 Å². The number of nitrogens with zero attached hydrogens (tertiary/aromatic N) is 2. The van der Waals surface area contributed by atoms with Crippen LogP contribution in [-0.4, -0.2) is 0 Å². The van der Waals surface area contributed by atoms with E-state index >= 15 is 0 Å². The number of benzene rings is 17. The van der Waals surface area contributed by atoms with Crippen LogP contribution in [0.2, 0.25) is 0 Å². The molecule has 0 aliphatic heterocycles. The minimum atomic E-state index is -0.239. The van der Waals surface area contributed by atoms with Gasteiger partial charge in [-0.2, -0.15) is 0 Å². The maximum Gasteiger partial charge on any atom is 0.0465 e. The summed E-state index contributed by atoms with van der Waals surface area (Å²) in [5, 5.41) is 9.97. The quantitative estimate of drug-likeness (QED) is 0.100. The van der Waals surface area contributed by atoms with Gasteiger partial charge in [-0.1, -0.05) is 319 Å². The lowest BCUT2D eigenvalue weighted by Crippen LogP contribution is -2.16. The first-order chi connectivity index (χ1) is 51.9. The van der Waals surface area contributed by atoms with Gasteiger partial charge in [-0.05, 0) is 251 Å². The highest BCUT2D eigenvalue weighted by Gasteiger charge is 2.38. The van der Waals surface area contributed by atoms with Crippen LogP contribution in [0.3, 0.4) is 0 Å². The third-order valence-corrected chi connectivity index (χ3v) is 22.6. The van der Waals surface area contributed by atoms with Gasteiger partial charge in [0, 0.05) is 45.0 Å². The predicted molar refractivity (Wildman–Crippen MR) is 453 cm³/mol. The van der Waals surface area contributed by atoms with Crippen LogP contribution in [0, 0.1) is 0 Å². The second kappa shape index (κ2) is 26.0. The summed E-state index contributed by atoms with van der Waals surface area (Å²) in [6.45, 7) is 9.54. The molecule has 0 saturated carbocycles. The molecule has 0 amide bonds. The molecular weight excluding hydrogens is 1280 g/mol. The Morgan fingerprint density at radius 1 is 0.179 bits per heavy atom. The van der Waals surface area contributed by atoms with Crippen molar-refractivity contribution in [3.63, 3.8) is 0 Å². The molecule has 17 aromatic carbocycles. The molecule has 2 nitrogen and oxygen atoms in total. The van der Waals surface area contributed by atoms with Gasteiger partial charge < -0.3 is 9.80 Å². The zero-order valence-corrected chi connectivity index (χ0v) is 59.8. The highest BCUT2D eigenvalue weighted by Crippen LogP contribution is 2.54. The minimum Gasteiger partial charge on any atom is -0.310 e. The van der Waals surface area contributed by atoms with Crippen molar-refractivity contribution in [2.24, 2.45) is 0 Å². The van der Waals surface area contributed by atoms with Crippen molar-refractivity contribution in [2.45, 2.75) is 38.5 Å². The average molecular weight is 1350 g/mol. The molecule has 19 rings (SSSR count). The van der Waals surface area contributed by atoms with Gasteiger partial charge in [0.2, 0.25) is 0 Å². The van der Waals surface area contributed by atoms with Crippen LogP contribution in [0.5, 0.6) is 0 Å². The maximum atomic E-state index is 2.44. The van der Waals surface area contributed by atoms with Crippen LogP contribution in [0.25, 0.3) is 134 Å². The highest BCUT2D eigenvalue weighted by molar-refractivity contribution is 5.95. The van der Waals surface area contributed by atoms with Crippen molar-refractivity contribution in [2.75, 3.05) is 9.80 Å². The standard InChI is InChI=1S/C104H76N2/c1-103(2)99-61-71(29-57-95(99)97-59-55-93(67-101(97)103)105(89-47-39-77(40-48-89)85-35-31-73-13-5-9-17-81(73)63-85)90-49-41-78(42-50-90)86-36-32-74-14-6-10-18-82(74)64-86)27-25-69-21-23-70(24-22-69)26-28-72-30-58-96-98-60-56-94(68-102(98)104(3,4)100(96)62-72)106(91-51-43-79(44-52-91)87-37-33-75-15-7-11-19-83(75)65-87)92-53-45-80(46-54-92)88-38-34-76-16-8-12-20-84(76)66-88/h5-68H,1-4H3/b27-25+,28-26+. The molecule has 0 spiro atoms. The van der Waals surface area contributed by atoms with E-state index in [9.17, 15) is 0 Å². The fourth-order valence-electron chi connectivity index (χ4n) is 16.7. The molecule has 502 valence electrons. The molecule has 0 heterocycles. The lowest BCUT2D eigenvalue weighted by Gasteiger charge is -2.28. The van der Waals surface area contributed by atoms with E-state index in [0.29, 0.717) is 0 Å². The molecule has 0 fully saturated rings. The number of fused-ring (bicyclic) bond motifs is 10. The Balaban J connectivity index is 0.561. The molecule has 17 aromatic rings. The number of hydrogen-bond donors (Lipinski definition) is 0. The van der Waals surface area contributed by atoms with Crippen LogP contribution < -0.4 is 9.80 Å². The summed E-state index contributed by atoms with van der Waals surface area (Å²) >= 11 is 0. The first-order valence-electron chi connectivity index (χ1n) is 37.0. The Hall–Kier alpha value is -13.1. The van der Waals surface area contributed by atoms with E-state index in [1.54, 1.807) is 0 Å². The summed E-state index contributed by atoms with van der Waals surface area (Å²) in [6, 6.07) is 135. The van der Waals surface area contributed by atoms with Gasteiger partial charge in [-0.15, -0.1) is 0 Å². The summed E-state index contributed by atoms with van der Waals surface area (Å²) in [6.07, 6.45) is 9.02. The molecule has 0 atom stereocenters. The minimum absolute atomic E-state index is 0.239. The fraction of sp³-hybridized carbons (Fsp3) is 0.0577. The Morgan fingerprint density at radius 3 is 0.679 bits per heavy atom. The van der Waals surface area contributed by atoms with Crippen LogP contribution in [0.15, 0.2) is 364 Å². The van der Waals surface area contributed by atoms with Gasteiger partial charge in [-0.3, -0.25) is 0 Å². The summed E-state index contributed by atoms with van der Waals surface area (Å²) in [4.78, 5) is 4.83. The van der Waals surface area contributed by atoms with Crippen molar-refractivity contribution >= 4 is 102 Å². The van der Waals surface area contributed by atoms with Crippen LogP contribution in [0.4, 0.5) is 34.1 Å². The van der Waals surface area contributed by atoms with Gasteiger partial charge >= 0.3 is 0 Å². The Morgan fingerprint density at radius 2 is 0.396 bits per heavy atom. The van der Waals surface area contributed by atoms with Crippen molar-refractivity contribution in [3.05, 3.63) is 408 Å². The van der Waals surface area contributed by atoms with E-state index in [2.05, 4.69) is 426 Å². The molecule has 2 heteroatoms. The second-order valence-corrected chi connectivity index (χ2v) is 29.8. The zero-order valence-electron chi connectivity index (χ0n) is 59.8. The fourth-order valence-corrected chi connectivity index (χ4v) is 16.7. The van der Waals surface area contributed by atoms with Crippen molar-refractivity contribution < 1.29 is 0 Å². The lowest BCUT2D eigenvalue weighted by molar-refractivity contribution is 0.660. The Bertz CT molecular complexity index is 5710. The third kappa shape index (κ3) is 11.7. The summed E-state index contributed by atoms with van der Waals surface area (Å²) in [5.74, 6) is 0. The van der Waals surface area contributed by atoms with Crippen LogP contribution in [0.1, 0.15) is 72.2 Å². The number of rotatable bonds is 14. The smallest absolute Gasteiger partial charge is 0.0465 e. The number of anilines is 6. The normalized spacial score (nSPS) is 13.2. The molecule has 106 heavy (non-hydrogen) atoms. The SMILES string of the molecule is CC1(C)c2cc(/C=C/c3ccc(/C=C/c4ccc5c(c4)C(C)(C)c4cc(N(c6ccc(-c7ccc8ccccc8c7)cc6)c6ccc(-c7ccc8ccccc8c7)cc6)ccc4-5)cc3)ccc2-c2ccc(N(c3ccc(-c4ccc5ccccc5c4)cc3)c3ccc(-c4ccc5ccccc5c4)cc3)cc21. The van der Waals surface area contributed by atoms with Gasteiger partial charge in [0.25, 0.3) is 0 Å². The summed E-state index contributed by atoms with van der Waals surface area (Å²) in [5.41, 5.74) is 31.0. The van der Waals surface area contributed by atoms with E-state index in [1.807, 2.05) is 0 Å². The third-order valence-electron chi connectivity index (χ3n) is 22.6. The molecular formula is C104H76N2. The van der Waals surface area contributed by atoms with Crippen molar-refractivity contribution in [3.8, 4) is 66.8 Å². The van der Waals surface area contributed by atoms with E-state index in [4.69, 9.17) is 0 Å². The Kier molecular flexibility index (Phi) is 15.6. The van der Waals surface area contributed by atoms with Gasteiger partial charge in [0.05, 0.1) is 0 Å². The predicted octanol–water partition coefficient (Wildman–Crippen LogP) is 28.9. The molecule has 0 unspecified atom stereocenters. The highest BCUT2D eigenvalue weighted by atomic mass is 15.1. The van der Waals surface area contributed by atoms with Gasteiger partial charge in [0.15, 0.2) is 0 Å². The van der Waals surface area contributed by atoms with Crippen LogP contribution >= 0.6 is 0 Å². The molecule has 2 aliphatic rings. The summed E-state index contributed by atoms with van der Waals surface area (Å²) in [7, 11) is 0. The average Bonchev–Trinajstić information content (AvgIpc) is 1.58. The van der Waals surface area contributed by atoms with E-state index < -0.39 is 0 Å².